The lowest BCUT2D eigenvalue weighted by atomic mass is 9.78. The molecule has 0 N–H and O–H groups in total. The first-order valence-electron chi connectivity index (χ1n) is 7.30. The van der Waals surface area contributed by atoms with E-state index < -0.39 is 11.7 Å². The molecule has 0 bridgehead atoms. The fraction of sp³-hybridized carbons (Fsp3) is 0.625. The van der Waals surface area contributed by atoms with Gasteiger partial charge in [0, 0.05) is 24.7 Å². The molecule has 0 radical (unpaired) electrons. The van der Waals surface area contributed by atoms with Crippen molar-refractivity contribution in [2.75, 3.05) is 18.0 Å². The standard InChI is InChI=1S/C16H21ClF3N/c1-3-15(2)6-8-21(9-7-15)13-5-4-12(11-17)14(10-13)16(18,19)20/h4-5,10H,3,6-9,11H2,1-2H3. The van der Waals surface area contributed by atoms with E-state index in [9.17, 15) is 13.2 Å². The van der Waals surface area contributed by atoms with Gasteiger partial charge in [-0.15, -0.1) is 11.6 Å². The molecule has 5 heteroatoms. The van der Waals surface area contributed by atoms with Crippen molar-refractivity contribution in [3.63, 3.8) is 0 Å². The molecular formula is C16H21ClF3N. The predicted molar refractivity (Wildman–Crippen MR) is 80.8 cm³/mol. The highest BCUT2D eigenvalue weighted by Gasteiger charge is 2.34. The van der Waals surface area contributed by atoms with Crippen molar-refractivity contribution in [1.82, 2.24) is 0 Å². The Kier molecular flexibility index (Phi) is 4.76. The van der Waals surface area contributed by atoms with E-state index in [1.807, 2.05) is 4.90 Å². The highest BCUT2D eigenvalue weighted by molar-refractivity contribution is 6.17. The Morgan fingerprint density at radius 3 is 2.33 bits per heavy atom. The summed E-state index contributed by atoms with van der Waals surface area (Å²) in [5, 5.41) is 0. The number of piperidine rings is 1. The third-order valence-electron chi connectivity index (χ3n) is 4.73. The van der Waals surface area contributed by atoms with Crippen molar-refractivity contribution in [3.05, 3.63) is 29.3 Å². The molecule has 0 saturated carbocycles. The highest BCUT2D eigenvalue weighted by Crippen LogP contribution is 2.38. The molecule has 2 rings (SSSR count). The first kappa shape index (κ1) is 16.5. The van der Waals surface area contributed by atoms with Crippen LogP contribution in [0.25, 0.3) is 0 Å². The average Bonchev–Trinajstić information content (AvgIpc) is 2.46. The van der Waals surface area contributed by atoms with E-state index in [0.717, 1.165) is 32.4 Å². The van der Waals surface area contributed by atoms with E-state index in [0.29, 0.717) is 11.1 Å². The maximum absolute atomic E-state index is 13.1. The third kappa shape index (κ3) is 3.65. The predicted octanol–water partition coefficient (Wildman–Crippen LogP) is 5.46. The summed E-state index contributed by atoms with van der Waals surface area (Å²) < 4.78 is 39.2. The van der Waals surface area contributed by atoms with Crippen LogP contribution in [0.4, 0.5) is 18.9 Å². The minimum Gasteiger partial charge on any atom is -0.371 e. The van der Waals surface area contributed by atoms with Crippen LogP contribution in [0.1, 0.15) is 44.2 Å². The molecule has 0 spiro atoms. The number of halogens is 4. The molecule has 118 valence electrons. The summed E-state index contributed by atoms with van der Waals surface area (Å²) in [4.78, 5) is 2.05. The van der Waals surface area contributed by atoms with Gasteiger partial charge < -0.3 is 4.90 Å². The van der Waals surface area contributed by atoms with Crippen molar-refractivity contribution in [1.29, 1.82) is 0 Å². The normalized spacial score (nSPS) is 18.9. The molecule has 1 aromatic rings. The first-order chi connectivity index (χ1) is 9.79. The van der Waals surface area contributed by atoms with Gasteiger partial charge in [-0.1, -0.05) is 26.3 Å². The lowest BCUT2D eigenvalue weighted by molar-refractivity contribution is -0.138. The van der Waals surface area contributed by atoms with Gasteiger partial charge >= 0.3 is 6.18 Å². The Morgan fingerprint density at radius 1 is 1.24 bits per heavy atom. The van der Waals surface area contributed by atoms with Gasteiger partial charge in [0.1, 0.15) is 0 Å². The summed E-state index contributed by atoms with van der Waals surface area (Å²) in [6, 6.07) is 4.49. The largest absolute Gasteiger partial charge is 0.416 e. The summed E-state index contributed by atoms with van der Waals surface area (Å²) in [7, 11) is 0. The quantitative estimate of drug-likeness (QED) is 0.669. The van der Waals surface area contributed by atoms with Crippen molar-refractivity contribution >= 4 is 17.3 Å². The summed E-state index contributed by atoms with van der Waals surface area (Å²) in [6.45, 7) is 6.04. The van der Waals surface area contributed by atoms with Crippen LogP contribution in [-0.4, -0.2) is 13.1 Å². The Hall–Kier alpha value is -0.900. The Morgan fingerprint density at radius 2 is 1.86 bits per heavy atom. The Balaban J connectivity index is 2.22. The van der Waals surface area contributed by atoms with Crippen LogP contribution in [0, 0.1) is 5.41 Å². The molecule has 0 amide bonds. The lowest BCUT2D eigenvalue weighted by Gasteiger charge is -2.40. The molecule has 0 atom stereocenters. The topological polar surface area (TPSA) is 3.24 Å². The van der Waals surface area contributed by atoms with Crippen LogP contribution in [0.3, 0.4) is 0 Å². The van der Waals surface area contributed by atoms with E-state index in [4.69, 9.17) is 11.6 Å². The van der Waals surface area contributed by atoms with Crippen molar-refractivity contribution in [2.24, 2.45) is 5.41 Å². The van der Waals surface area contributed by atoms with Crippen LogP contribution in [0.5, 0.6) is 0 Å². The SMILES string of the molecule is CCC1(C)CCN(c2ccc(CCl)c(C(F)(F)F)c2)CC1. The number of rotatable bonds is 3. The summed E-state index contributed by atoms with van der Waals surface area (Å²) >= 11 is 5.62. The molecular weight excluding hydrogens is 299 g/mol. The molecule has 1 aliphatic heterocycles. The van der Waals surface area contributed by atoms with Gasteiger partial charge in [-0.3, -0.25) is 0 Å². The minimum absolute atomic E-state index is 0.122. The molecule has 0 unspecified atom stereocenters. The lowest BCUT2D eigenvalue weighted by Crippen LogP contribution is -2.38. The van der Waals surface area contributed by atoms with E-state index in [2.05, 4.69) is 13.8 Å². The Labute approximate surface area is 129 Å². The Bertz CT molecular complexity index is 491. The fourth-order valence-electron chi connectivity index (χ4n) is 2.80. The highest BCUT2D eigenvalue weighted by atomic mass is 35.5. The molecule has 1 aromatic carbocycles. The van der Waals surface area contributed by atoms with Crippen LogP contribution in [0.2, 0.25) is 0 Å². The zero-order valence-corrected chi connectivity index (χ0v) is 13.2. The number of anilines is 1. The maximum Gasteiger partial charge on any atom is 0.416 e. The smallest absolute Gasteiger partial charge is 0.371 e. The summed E-state index contributed by atoms with van der Waals surface area (Å²) in [5.74, 6) is -0.122. The van der Waals surface area contributed by atoms with Crippen molar-refractivity contribution in [3.8, 4) is 0 Å². The van der Waals surface area contributed by atoms with Gasteiger partial charge in [-0.25, -0.2) is 0 Å². The third-order valence-corrected chi connectivity index (χ3v) is 5.02. The molecule has 1 nitrogen and oxygen atoms in total. The number of hydrogen-bond acceptors (Lipinski definition) is 1. The fourth-order valence-corrected chi connectivity index (χ4v) is 3.03. The number of hydrogen-bond donors (Lipinski definition) is 0. The molecule has 0 aromatic heterocycles. The number of benzene rings is 1. The summed E-state index contributed by atoms with van der Waals surface area (Å²) in [6.07, 6.45) is -1.21. The maximum atomic E-state index is 13.1. The van der Waals surface area contributed by atoms with Gasteiger partial charge in [-0.2, -0.15) is 13.2 Å². The van der Waals surface area contributed by atoms with E-state index in [1.54, 1.807) is 6.07 Å². The molecule has 1 aliphatic rings. The minimum atomic E-state index is -4.35. The van der Waals surface area contributed by atoms with E-state index in [-0.39, 0.29) is 11.4 Å². The van der Waals surface area contributed by atoms with Crippen LogP contribution < -0.4 is 4.90 Å². The molecule has 1 fully saturated rings. The second-order valence-corrected chi connectivity index (χ2v) is 6.39. The van der Waals surface area contributed by atoms with Crippen molar-refractivity contribution in [2.45, 2.75) is 45.2 Å². The van der Waals surface area contributed by atoms with Gasteiger partial charge in [0.25, 0.3) is 0 Å². The van der Waals surface area contributed by atoms with E-state index >= 15 is 0 Å². The monoisotopic (exact) mass is 319 g/mol. The van der Waals surface area contributed by atoms with Gasteiger partial charge in [0.05, 0.1) is 5.56 Å². The van der Waals surface area contributed by atoms with E-state index in [1.165, 1.54) is 12.1 Å². The zero-order valence-electron chi connectivity index (χ0n) is 12.4. The van der Waals surface area contributed by atoms with Crippen LogP contribution in [0.15, 0.2) is 18.2 Å². The second kappa shape index (κ2) is 6.07. The van der Waals surface area contributed by atoms with Crippen LogP contribution >= 0.6 is 11.6 Å². The van der Waals surface area contributed by atoms with Gasteiger partial charge in [0.2, 0.25) is 0 Å². The average molecular weight is 320 g/mol. The molecule has 1 heterocycles. The first-order valence-corrected chi connectivity index (χ1v) is 7.83. The molecule has 1 saturated heterocycles. The molecule has 0 aliphatic carbocycles. The second-order valence-electron chi connectivity index (χ2n) is 6.12. The summed E-state index contributed by atoms with van der Waals surface area (Å²) in [5.41, 5.74) is 0.496. The number of nitrogens with zero attached hydrogens (tertiary/aromatic N) is 1. The zero-order chi connectivity index (χ0) is 15.7. The van der Waals surface area contributed by atoms with Gasteiger partial charge in [-0.05, 0) is 36.0 Å². The van der Waals surface area contributed by atoms with Crippen molar-refractivity contribution < 1.29 is 13.2 Å². The van der Waals surface area contributed by atoms with Gasteiger partial charge in [0.15, 0.2) is 0 Å². The van der Waals surface area contributed by atoms with Crippen LogP contribution in [-0.2, 0) is 12.1 Å². The molecule has 21 heavy (non-hydrogen) atoms. The number of alkyl halides is 4.